The molecule has 4 N–H and O–H groups in total. The van der Waals surface area contributed by atoms with Crippen molar-refractivity contribution in [1.82, 2.24) is 0 Å². The van der Waals surface area contributed by atoms with Crippen molar-refractivity contribution in [1.29, 1.82) is 0 Å². The Morgan fingerprint density at radius 2 is 1.89 bits per heavy atom. The third-order valence-corrected chi connectivity index (χ3v) is 1.74. The fourth-order valence-corrected chi connectivity index (χ4v) is 0.809. The molecule has 3 heteroatoms. The lowest BCUT2D eigenvalue weighted by Gasteiger charge is -1.96. The number of hydrogen-bond donors (Lipinski definition) is 2. The van der Waals surface area contributed by atoms with Gasteiger partial charge in [-0.3, -0.25) is 0 Å². The highest BCUT2D eigenvalue weighted by Crippen LogP contribution is 2.20. The number of rotatable bonds is 0. The van der Waals surface area contributed by atoms with Crippen LogP contribution in [0.25, 0.3) is 0 Å². The van der Waals surface area contributed by atoms with Crippen LogP contribution in [-0.2, 0) is 0 Å². The molecule has 0 aliphatic heterocycles. The van der Waals surface area contributed by atoms with Gasteiger partial charge in [0, 0.05) is 15.8 Å². The molecule has 0 fully saturated rings. The molecule has 0 saturated heterocycles. The molecule has 0 saturated carbocycles. The summed E-state index contributed by atoms with van der Waals surface area (Å²) < 4.78 is 0.886. The lowest BCUT2D eigenvalue weighted by molar-refractivity contribution is 1.62. The number of nitrogens with two attached hydrogens (primary N) is 2. The van der Waals surface area contributed by atoms with E-state index in [0.29, 0.717) is 11.4 Å². The molecule has 0 bridgehead atoms. The van der Waals surface area contributed by atoms with Gasteiger partial charge in [-0.25, -0.2) is 0 Å². The van der Waals surface area contributed by atoms with E-state index in [2.05, 4.69) is 15.9 Å². The first kappa shape index (κ1) is 6.42. The Hall–Kier alpha value is -0.700. The zero-order chi connectivity index (χ0) is 6.85. The molecule has 0 amide bonds. The van der Waals surface area contributed by atoms with Crippen molar-refractivity contribution in [3.8, 4) is 0 Å². The zero-order valence-electron chi connectivity index (χ0n) is 4.76. The van der Waals surface area contributed by atoms with Crippen LogP contribution in [0.3, 0.4) is 0 Å². The first-order chi connectivity index (χ1) is 4.20. The average Bonchev–Trinajstić information content (AvgIpc) is 1.80. The van der Waals surface area contributed by atoms with E-state index in [9.17, 15) is 0 Å². The molecule has 1 aromatic carbocycles. The largest absolute Gasteiger partial charge is 0.399 e. The monoisotopic (exact) mass is 186 g/mol. The normalized spacial score (nSPS) is 9.44. The van der Waals surface area contributed by atoms with Gasteiger partial charge in [0.25, 0.3) is 0 Å². The van der Waals surface area contributed by atoms with Crippen LogP contribution in [-0.4, -0.2) is 0 Å². The molecular weight excluding hydrogens is 180 g/mol. The summed E-state index contributed by atoms with van der Waals surface area (Å²) in [5.41, 5.74) is 12.3. The molecule has 1 aromatic rings. The van der Waals surface area contributed by atoms with Gasteiger partial charge in [-0.05, 0) is 34.1 Å². The molecule has 1 rings (SSSR count). The van der Waals surface area contributed by atoms with Crippen molar-refractivity contribution >= 4 is 27.3 Å². The van der Waals surface area contributed by atoms with Crippen LogP contribution in [0, 0.1) is 0 Å². The summed E-state index contributed by atoms with van der Waals surface area (Å²) in [6.07, 6.45) is 0. The van der Waals surface area contributed by atoms with Crippen molar-refractivity contribution < 1.29 is 0 Å². The van der Waals surface area contributed by atoms with Crippen LogP contribution in [0.2, 0.25) is 0 Å². The summed E-state index contributed by atoms with van der Waals surface area (Å²) >= 11 is 3.25. The molecule has 9 heavy (non-hydrogen) atoms. The van der Waals surface area contributed by atoms with Crippen molar-refractivity contribution in [2.45, 2.75) is 0 Å². The van der Waals surface area contributed by atoms with Crippen molar-refractivity contribution in [2.24, 2.45) is 0 Å². The van der Waals surface area contributed by atoms with E-state index < -0.39 is 0 Å². The molecule has 0 aliphatic rings. The summed E-state index contributed by atoms with van der Waals surface area (Å²) in [5, 5.41) is 0. The van der Waals surface area contributed by atoms with Crippen molar-refractivity contribution in [3.63, 3.8) is 0 Å². The summed E-state index contributed by atoms with van der Waals surface area (Å²) in [6, 6.07) is 5.33. The number of hydrogen-bond acceptors (Lipinski definition) is 2. The quantitative estimate of drug-likeness (QED) is 0.606. The summed E-state index contributed by atoms with van der Waals surface area (Å²) in [6.45, 7) is 0. The number of benzene rings is 1. The van der Waals surface area contributed by atoms with Crippen LogP contribution in [0.4, 0.5) is 11.4 Å². The van der Waals surface area contributed by atoms with Gasteiger partial charge in [0.2, 0.25) is 0 Å². The van der Waals surface area contributed by atoms with E-state index in [4.69, 9.17) is 11.5 Å². The van der Waals surface area contributed by atoms with E-state index in [1.807, 2.05) is 6.07 Å². The predicted octanol–water partition coefficient (Wildman–Crippen LogP) is 1.61. The number of halogens is 1. The molecule has 0 atom stereocenters. The molecule has 0 unspecified atom stereocenters. The molecule has 0 heterocycles. The standard InChI is InChI=1S/C6H7BrN2/c7-5-2-1-4(8)3-6(5)9/h1-3H,8-9H2. The van der Waals surface area contributed by atoms with Gasteiger partial charge in [0.05, 0.1) is 0 Å². The van der Waals surface area contributed by atoms with Gasteiger partial charge >= 0.3 is 0 Å². The Kier molecular flexibility index (Phi) is 1.62. The molecule has 0 spiro atoms. The molecule has 48 valence electrons. The van der Waals surface area contributed by atoms with E-state index >= 15 is 0 Å². The molecule has 0 aliphatic carbocycles. The Balaban J connectivity index is 3.17. The highest BCUT2D eigenvalue weighted by molar-refractivity contribution is 9.10. The number of nitrogen functional groups attached to an aromatic ring is 2. The summed E-state index contributed by atoms with van der Waals surface area (Å²) in [7, 11) is 0. The van der Waals surface area contributed by atoms with E-state index in [0.717, 1.165) is 4.47 Å². The minimum Gasteiger partial charge on any atom is -0.399 e. The van der Waals surface area contributed by atoms with Crippen LogP contribution in [0.15, 0.2) is 22.7 Å². The SMILES string of the molecule is Nc1ccc(Br)c(N)c1. The smallest absolute Gasteiger partial charge is 0.0479 e. The Morgan fingerprint density at radius 1 is 1.22 bits per heavy atom. The Bertz CT molecular complexity index is 222. The van der Waals surface area contributed by atoms with Gasteiger partial charge in [0.1, 0.15) is 0 Å². The fraction of sp³-hybridized carbons (Fsp3) is 0. The van der Waals surface area contributed by atoms with Gasteiger partial charge in [-0.1, -0.05) is 0 Å². The lowest BCUT2D eigenvalue weighted by atomic mass is 10.3. The first-order valence-electron chi connectivity index (χ1n) is 2.50. The van der Waals surface area contributed by atoms with Crippen LogP contribution in [0.1, 0.15) is 0 Å². The number of anilines is 2. The molecule has 2 nitrogen and oxygen atoms in total. The summed E-state index contributed by atoms with van der Waals surface area (Å²) in [5.74, 6) is 0. The highest BCUT2D eigenvalue weighted by Gasteiger charge is 1.92. The van der Waals surface area contributed by atoms with Crippen LogP contribution in [0.5, 0.6) is 0 Å². The Morgan fingerprint density at radius 3 is 2.33 bits per heavy atom. The second kappa shape index (κ2) is 2.27. The van der Waals surface area contributed by atoms with Gasteiger partial charge < -0.3 is 11.5 Å². The molecule has 0 radical (unpaired) electrons. The molecule has 0 aromatic heterocycles. The maximum absolute atomic E-state index is 5.49. The average molecular weight is 187 g/mol. The summed E-state index contributed by atoms with van der Waals surface area (Å²) in [4.78, 5) is 0. The predicted molar refractivity (Wildman–Crippen MR) is 43.0 cm³/mol. The zero-order valence-corrected chi connectivity index (χ0v) is 6.35. The fourth-order valence-electron chi connectivity index (χ4n) is 0.562. The third kappa shape index (κ3) is 1.36. The van der Waals surface area contributed by atoms with Gasteiger partial charge in [-0.2, -0.15) is 0 Å². The minimum absolute atomic E-state index is 0.676. The maximum atomic E-state index is 5.49. The van der Waals surface area contributed by atoms with Crippen molar-refractivity contribution in [3.05, 3.63) is 22.7 Å². The first-order valence-corrected chi connectivity index (χ1v) is 3.30. The molecular formula is C6H7BrN2. The van der Waals surface area contributed by atoms with Crippen molar-refractivity contribution in [2.75, 3.05) is 11.5 Å². The van der Waals surface area contributed by atoms with E-state index in [1.54, 1.807) is 12.1 Å². The Labute approximate surface area is 62.0 Å². The second-order valence-corrected chi connectivity index (χ2v) is 2.64. The van der Waals surface area contributed by atoms with E-state index in [-0.39, 0.29) is 0 Å². The highest BCUT2D eigenvalue weighted by atomic mass is 79.9. The maximum Gasteiger partial charge on any atom is 0.0479 e. The minimum atomic E-state index is 0.676. The van der Waals surface area contributed by atoms with Crippen LogP contribution >= 0.6 is 15.9 Å². The van der Waals surface area contributed by atoms with Crippen LogP contribution < -0.4 is 11.5 Å². The van der Waals surface area contributed by atoms with E-state index in [1.165, 1.54) is 0 Å². The lowest BCUT2D eigenvalue weighted by Crippen LogP contribution is -1.89. The van der Waals surface area contributed by atoms with Gasteiger partial charge in [-0.15, -0.1) is 0 Å². The second-order valence-electron chi connectivity index (χ2n) is 1.78. The third-order valence-electron chi connectivity index (χ3n) is 1.02. The van der Waals surface area contributed by atoms with Gasteiger partial charge in [0.15, 0.2) is 0 Å². The topological polar surface area (TPSA) is 52.0 Å².